The molecule has 1 heterocycles. The molecular formula is C18H26N2O2. The maximum atomic E-state index is 12.4. The lowest BCUT2D eigenvalue weighted by Gasteiger charge is -2.26. The fraction of sp³-hybridized carbons (Fsp3) is 0.556. The Kier molecular flexibility index (Phi) is 5.22. The van der Waals surface area contributed by atoms with Crippen LogP contribution in [-0.2, 0) is 4.79 Å². The molecule has 1 aliphatic rings. The van der Waals surface area contributed by atoms with Crippen LogP contribution in [-0.4, -0.2) is 24.4 Å². The maximum absolute atomic E-state index is 12.4. The van der Waals surface area contributed by atoms with Gasteiger partial charge in [-0.25, -0.2) is 0 Å². The maximum Gasteiger partial charge on any atom is 0.251 e. The zero-order valence-corrected chi connectivity index (χ0v) is 13.9. The molecule has 22 heavy (non-hydrogen) atoms. The van der Waals surface area contributed by atoms with Crippen molar-refractivity contribution in [3.8, 4) is 0 Å². The highest BCUT2D eigenvalue weighted by Crippen LogP contribution is 2.22. The van der Waals surface area contributed by atoms with Crippen LogP contribution < -0.4 is 10.2 Å². The van der Waals surface area contributed by atoms with Crippen LogP contribution in [0.1, 0.15) is 50.9 Å². The molecule has 0 saturated carbocycles. The third-order valence-corrected chi connectivity index (χ3v) is 4.25. The summed E-state index contributed by atoms with van der Waals surface area (Å²) in [6.45, 7) is 9.24. The number of benzene rings is 1. The van der Waals surface area contributed by atoms with Crippen molar-refractivity contribution >= 4 is 17.5 Å². The van der Waals surface area contributed by atoms with E-state index in [1.807, 2.05) is 12.1 Å². The molecule has 2 rings (SSSR count). The number of amides is 2. The van der Waals surface area contributed by atoms with E-state index in [0.717, 1.165) is 18.7 Å². The van der Waals surface area contributed by atoms with Gasteiger partial charge in [-0.2, -0.15) is 0 Å². The second-order valence-corrected chi connectivity index (χ2v) is 6.68. The third kappa shape index (κ3) is 3.67. The third-order valence-electron chi connectivity index (χ3n) is 4.25. The molecule has 0 radical (unpaired) electrons. The van der Waals surface area contributed by atoms with Gasteiger partial charge in [0, 0.05) is 30.3 Å². The largest absolute Gasteiger partial charge is 0.349 e. The standard InChI is InChI=1S/C18H26N2O2/c1-12(2)17(13(3)4)19-18(22)14-7-9-15(10-8-14)20-11-5-6-16(20)21/h7-10,12-13,17H,5-6,11H2,1-4H3,(H,19,22). The van der Waals surface area contributed by atoms with Crippen LogP contribution in [0.25, 0.3) is 0 Å². The fourth-order valence-corrected chi connectivity index (χ4v) is 3.05. The van der Waals surface area contributed by atoms with E-state index in [0.29, 0.717) is 23.8 Å². The number of carbonyl (C=O) groups is 2. The molecule has 0 unspecified atom stereocenters. The first-order chi connectivity index (χ1) is 10.4. The Bertz CT molecular complexity index is 527. The van der Waals surface area contributed by atoms with Crippen molar-refractivity contribution in [3.05, 3.63) is 29.8 Å². The van der Waals surface area contributed by atoms with Crippen molar-refractivity contribution in [2.24, 2.45) is 11.8 Å². The highest BCUT2D eigenvalue weighted by molar-refractivity contribution is 5.97. The van der Waals surface area contributed by atoms with Gasteiger partial charge in [0.2, 0.25) is 5.91 Å². The van der Waals surface area contributed by atoms with Crippen molar-refractivity contribution in [2.45, 2.75) is 46.6 Å². The second-order valence-electron chi connectivity index (χ2n) is 6.68. The number of anilines is 1. The molecule has 0 aliphatic carbocycles. The van der Waals surface area contributed by atoms with Crippen LogP contribution in [0.3, 0.4) is 0 Å². The number of hydrogen-bond donors (Lipinski definition) is 1. The van der Waals surface area contributed by atoms with Crippen LogP contribution in [0.5, 0.6) is 0 Å². The summed E-state index contributed by atoms with van der Waals surface area (Å²) in [7, 11) is 0. The molecule has 1 N–H and O–H groups in total. The second kappa shape index (κ2) is 6.95. The first-order valence-corrected chi connectivity index (χ1v) is 8.11. The average Bonchev–Trinajstić information content (AvgIpc) is 2.90. The molecule has 1 aromatic carbocycles. The minimum Gasteiger partial charge on any atom is -0.349 e. The Hall–Kier alpha value is -1.84. The number of nitrogens with zero attached hydrogens (tertiary/aromatic N) is 1. The van der Waals surface area contributed by atoms with Gasteiger partial charge in [-0.1, -0.05) is 27.7 Å². The Balaban J connectivity index is 2.06. The van der Waals surface area contributed by atoms with Gasteiger partial charge in [-0.05, 0) is 42.5 Å². The van der Waals surface area contributed by atoms with Gasteiger partial charge in [0.1, 0.15) is 0 Å². The smallest absolute Gasteiger partial charge is 0.251 e. The molecule has 120 valence electrons. The molecule has 2 amide bonds. The highest BCUT2D eigenvalue weighted by Gasteiger charge is 2.23. The van der Waals surface area contributed by atoms with Crippen LogP contribution in [0, 0.1) is 11.8 Å². The predicted octanol–water partition coefficient (Wildman–Crippen LogP) is 3.22. The Morgan fingerprint density at radius 3 is 2.14 bits per heavy atom. The molecule has 0 atom stereocenters. The summed E-state index contributed by atoms with van der Waals surface area (Å²) in [6.07, 6.45) is 1.53. The predicted molar refractivity (Wildman–Crippen MR) is 89.0 cm³/mol. The van der Waals surface area contributed by atoms with Crippen molar-refractivity contribution in [3.63, 3.8) is 0 Å². The van der Waals surface area contributed by atoms with Crippen molar-refractivity contribution in [2.75, 3.05) is 11.4 Å². The normalized spacial score (nSPS) is 15.2. The minimum atomic E-state index is -0.0494. The molecule has 0 aromatic heterocycles. The summed E-state index contributed by atoms with van der Waals surface area (Å²) in [5.74, 6) is 0.902. The van der Waals surface area contributed by atoms with Crippen LogP contribution >= 0.6 is 0 Å². The van der Waals surface area contributed by atoms with E-state index in [2.05, 4.69) is 33.0 Å². The molecule has 0 bridgehead atoms. The summed E-state index contributed by atoms with van der Waals surface area (Å²) < 4.78 is 0. The molecule has 1 fully saturated rings. The minimum absolute atomic E-state index is 0.0494. The van der Waals surface area contributed by atoms with Crippen LogP contribution in [0.2, 0.25) is 0 Å². The average molecular weight is 302 g/mol. The first kappa shape index (κ1) is 16.5. The van der Waals surface area contributed by atoms with E-state index < -0.39 is 0 Å². The van der Waals surface area contributed by atoms with Crippen LogP contribution in [0.4, 0.5) is 5.69 Å². The van der Waals surface area contributed by atoms with Gasteiger partial charge >= 0.3 is 0 Å². The highest BCUT2D eigenvalue weighted by atomic mass is 16.2. The van der Waals surface area contributed by atoms with Gasteiger partial charge < -0.3 is 10.2 Å². The van der Waals surface area contributed by atoms with Crippen molar-refractivity contribution < 1.29 is 9.59 Å². The molecule has 0 spiro atoms. The number of hydrogen-bond acceptors (Lipinski definition) is 2. The van der Waals surface area contributed by atoms with E-state index in [1.54, 1.807) is 17.0 Å². The first-order valence-electron chi connectivity index (χ1n) is 8.11. The van der Waals surface area contributed by atoms with Crippen LogP contribution in [0.15, 0.2) is 24.3 Å². The van der Waals surface area contributed by atoms with E-state index in [1.165, 1.54) is 0 Å². The molecule has 1 aliphatic heterocycles. The summed E-state index contributed by atoms with van der Waals surface area (Å²) >= 11 is 0. The summed E-state index contributed by atoms with van der Waals surface area (Å²) in [5, 5.41) is 3.11. The van der Waals surface area contributed by atoms with E-state index in [9.17, 15) is 9.59 Å². The van der Waals surface area contributed by atoms with Gasteiger partial charge in [-0.15, -0.1) is 0 Å². The molecular weight excluding hydrogens is 276 g/mol. The molecule has 1 aromatic rings. The Labute approximate surface area is 132 Å². The lowest BCUT2D eigenvalue weighted by molar-refractivity contribution is -0.117. The fourth-order valence-electron chi connectivity index (χ4n) is 3.05. The monoisotopic (exact) mass is 302 g/mol. The van der Waals surface area contributed by atoms with Crippen molar-refractivity contribution in [1.29, 1.82) is 0 Å². The van der Waals surface area contributed by atoms with E-state index in [4.69, 9.17) is 0 Å². The number of carbonyl (C=O) groups excluding carboxylic acids is 2. The van der Waals surface area contributed by atoms with Gasteiger partial charge in [0.15, 0.2) is 0 Å². The zero-order chi connectivity index (χ0) is 16.3. The Morgan fingerprint density at radius 2 is 1.68 bits per heavy atom. The summed E-state index contributed by atoms with van der Waals surface area (Å²) in [4.78, 5) is 25.9. The quantitative estimate of drug-likeness (QED) is 0.908. The van der Waals surface area contributed by atoms with Gasteiger partial charge in [0.05, 0.1) is 0 Å². The SMILES string of the molecule is CC(C)C(NC(=O)c1ccc(N2CCCC2=O)cc1)C(C)C. The Morgan fingerprint density at radius 1 is 1.09 bits per heavy atom. The number of nitrogens with one attached hydrogen (secondary N) is 1. The number of rotatable bonds is 5. The van der Waals surface area contributed by atoms with E-state index in [-0.39, 0.29) is 17.9 Å². The van der Waals surface area contributed by atoms with Crippen molar-refractivity contribution in [1.82, 2.24) is 5.32 Å². The van der Waals surface area contributed by atoms with Gasteiger partial charge in [0.25, 0.3) is 5.91 Å². The van der Waals surface area contributed by atoms with Gasteiger partial charge in [-0.3, -0.25) is 9.59 Å². The lowest BCUT2D eigenvalue weighted by Crippen LogP contribution is -2.42. The van der Waals surface area contributed by atoms with E-state index >= 15 is 0 Å². The topological polar surface area (TPSA) is 49.4 Å². The summed E-state index contributed by atoms with van der Waals surface area (Å²) in [5.41, 5.74) is 1.52. The summed E-state index contributed by atoms with van der Waals surface area (Å²) in [6, 6.07) is 7.48. The zero-order valence-electron chi connectivity index (χ0n) is 13.9. The molecule has 1 saturated heterocycles. The molecule has 4 heteroatoms. The molecule has 4 nitrogen and oxygen atoms in total. The lowest BCUT2D eigenvalue weighted by atomic mass is 9.93.